The van der Waals surface area contributed by atoms with Crippen molar-refractivity contribution in [2.24, 2.45) is 0 Å². The molecule has 0 aromatic heterocycles. The Labute approximate surface area is 371 Å². The summed E-state index contributed by atoms with van der Waals surface area (Å²) in [4.78, 5) is 68.8. The average molecular weight is 881 g/mol. The fraction of sp³-hybridized carbons (Fsp3) is 0.333. The van der Waals surface area contributed by atoms with Gasteiger partial charge in [0.25, 0.3) is 0 Å². The number of carboxylic acids is 2. The van der Waals surface area contributed by atoms with Crippen LogP contribution in [0.4, 0.5) is 11.4 Å². The smallest absolute Gasteiger partial charge is 0.328 e. The summed E-state index contributed by atoms with van der Waals surface area (Å²) in [5, 5.41) is 47.9. The molecule has 4 aromatic carbocycles. The van der Waals surface area contributed by atoms with E-state index in [-0.39, 0.29) is 60.5 Å². The number of carboxylic acid groups (broad SMARTS) is 2. The molecule has 16 heteroatoms. The molecular formula is C48H56N4O12. The standard InChI is InChI=1S/2C22H26N2O4.C4H4O4/c2*1-22(2,3)23-12-14(25)13-28-19-10-5-4-7-16(19)21(27)15-8-6-9-18-17(15)11-20(26)24-18;5-3(6)1-2-4(7)8/h2*4-10,14,23,25H,11-13H2,1-3H3,(H,24,26);1-2H,(H,5,6)(H,7,8)/b;;2-1+. The summed E-state index contributed by atoms with van der Waals surface area (Å²) in [6.07, 6.45) is 0.0925. The number of β-amino-alcohol motifs (C(OH)–C–C–N with tert-alkyl or cyclic N) is 2. The second-order valence-corrected chi connectivity index (χ2v) is 17.0. The van der Waals surface area contributed by atoms with Crippen LogP contribution in [0.3, 0.4) is 0 Å². The molecule has 2 aliphatic heterocycles. The van der Waals surface area contributed by atoms with Gasteiger partial charge in [-0.25, -0.2) is 9.59 Å². The molecule has 0 radical (unpaired) electrons. The Balaban J connectivity index is 0.000000240. The van der Waals surface area contributed by atoms with Crippen LogP contribution < -0.4 is 30.7 Å². The predicted molar refractivity (Wildman–Crippen MR) is 240 cm³/mol. The lowest BCUT2D eigenvalue weighted by molar-refractivity contribution is -0.134. The van der Waals surface area contributed by atoms with Crippen LogP contribution in [0.15, 0.2) is 97.1 Å². The van der Waals surface area contributed by atoms with E-state index in [4.69, 9.17) is 19.7 Å². The molecule has 2 atom stereocenters. The van der Waals surface area contributed by atoms with Gasteiger partial charge in [-0.2, -0.15) is 0 Å². The van der Waals surface area contributed by atoms with E-state index < -0.39 is 24.1 Å². The number of nitrogens with one attached hydrogen (secondary N) is 4. The number of aliphatic carboxylic acids is 2. The summed E-state index contributed by atoms with van der Waals surface area (Å²) < 4.78 is 11.5. The van der Waals surface area contributed by atoms with E-state index in [9.17, 15) is 39.0 Å². The summed E-state index contributed by atoms with van der Waals surface area (Å²) in [7, 11) is 0. The number of para-hydroxylation sites is 2. The lowest BCUT2D eigenvalue weighted by Gasteiger charge is -2.23. The lowest BCUT2D eigenvalue weighted by atomic mass is 9.96. The number of benzene rings is 4. The van der Waals surface area contributed by atoms with Gasteiger partial charge in [-0.1, -0.05) is 48.5 Å². The van der Waals surface area contributed by atoms with E-state index in [1.54, 1.807) is 84.9 Å². The molecule has 0 fully saturated rings. The molecule has 0 saturated carbocycles. The van der Waals surface area contributed by atoms with Gasteiger partial charge in [-0.3, -0.25) is 19.2 Å². The van der Waals surface area contributed by atoms with Crippen molar-refractivity contribution in [2.45, 2.75) is 77.7 Å². The van der Waals surface area contributed by atoms with Gasteiger partial charge in [-0.15, -0.1) is 0 Å². The number of amides is 2. The number of aliphatic hydroxyl groups is 2. The van der Waals surface area contributed by atoms with Crippen molar-refractivity contribution >= 4 is 46.7 Å². The molecule has 2 heterocycles. The third-order valence-corrected chi connectivity index (χ3v) is 9.29. The van der Waals surface area contributed by atoms with Crippen molar-refractivity contribution in [1.29, 1.82) is 0 Å². The maximum absolute atomic E-state index is 13.1. The number of carbonyl (C=O) groups excluding carboxylic acids is 4. The minimum Gasteiger partial charge on any atom is -0.490 e. The zero-order valence-corrected chi connectivity index (χ0v) is 36.7. The van der Waals surface area contributed by atoms with E-state index in [2.05, 4.69) is 21.3 Å². The van der Waals surface area contributed by atoms with Crippen LogP contribution in [0.2, 0.25) is 0 Å². The van der Waals surface area contributed by atoms with Gasteiger partial charge in [0.15, 0.2) is 11.6 Å². The van der Waals surface area contributed by atoms with Crippen LogP contribution in [-0.4, -0.2) is 105 Å². The molecule has 8 N–H and O–H groups in total. The second kappa shape index (κ2) is 22.6. The van der Waals surface area contributed by atoms with Crippen molar-refractivity contribution in [3.8, 4) is 11.5 Å². The highest BCUT2D eigenvalue weighted by Gasteiger charge is 2.27. The summed E-state index contributed by atoms with van der Waals surface area (Å²) >= 11 is 0. The number of hydrogen-bond donors (Lipinski definition) is 8. The van der Waals surface area contributed by atoms with E-state index >= 15 is 0 Å². The number of ether oxygens (including phenoxy) is 2. The Morgan fingerprint density at radius 1 is 0.578 bits per heavy atom. The molecule has 0 bridgehead atoms. The van der Waals surface area contributed by atoms with Crippen LogP contribution in [0, 0.1) is 0 Å². The quantitative estimate of drug-likeness (QED) is 0.0557. The number of ketones is 2. The average Bonchev–Trinajstić information content (AvgIpc) is 3.83. The molecule has 0 saturated heterocycles. The predicted octanol–water partition coefficient (Wildman–Crippen LogP) is 4.79. The highest BCUT2D eigenvalue weighted by Crippen LogP contribution is 2.32. The number of anilines is 2. The van der Waals surface area contributed by atoms with Crippen molar-refractivity contribution in [2.75, 3.05) is 36.9 Å². The number of hydrogen-bond acceptors (Lipinski definition) is 12. The minimum atomic E-state index is -1.26. The van der Waals surface area contributed by atoms with Gasteiger partial charge >= 0.3 is 11.9 Å². The molecule has 6 rings (SSSR count). The highest BCUT2D eigenvalue weighted by atomic mass is 16.5. The van der Waals surface area contributed by atoms with Crippen LogP contribution >= 0.6 is 0 Å². The maximum atomic E-state index is 13.1. The Bertz CT molecular complexity index is 2200. The zero-order valence-electron chi connectivity index (χ0n) is 36.7. The third-order valence-electron chi connectivity index (χ3n) is 9.29. The van der Waals surface area contributed by atoms with E-state index in [1.165, 1.54) is 0 Å². The normalized spacial score (nSPS) is 13.8. The molecule has 2 aliphatic rings. The third kappa shape index (κ3) is 15.6. The first-order valence-electron chi connectivity index (χ1n) is 20.5. The van der Waals surface area contributed by atoms with Crippen LogP contribution in [-0.2, 0) is 32.0 Å². The Hall–Kier alpha value is -6.72. The fourth-order valence-electron chi connectivity index (χ4n) is 6.25. The highest BCUT2D eigenvalue weighted by molar-refractivity contribution is 6.15. The molecule has 340 valence electrons. The SMILES string of the molecule is CC(C)(C)NCC(O)COc1ccccc1C(=O)c1cccc2c1CC(=O)N2.CC(C)(C)NCC(O)COc1ccccc1C(=O)c1cccc2c1CC(=O)N2.O=C(O)/C=C/C(=O)O. The number of aliphatic hydroxyl groups excluding tert-OH is 2. The molecule has 4 aromatic rings. The van der Waals surface area contributed by atoms with Gasteiger partial charge in [0.1, 0.15) is 36.9 Å². The molecule has 0 aliphatic carbocycles. The van der Waals surface area contributed by atoms with Crippen molar-refractivity contribution in [3.63, 3.8) is 0 Å². The minimum absolute atomic E-state index is 0.0698. The maximum Gasteiger partial charge on any atom is 0.328 e. The van der Waals surface area contributed by atoms with Crippen LogP contribution in [0.5, 0.6) is 11.5 Å². The first-order valence-corrected chi connectivity index (χ1v) is 20.5. The van der Waals surface area contributed by atoms with E-state index in [0.29, 0.717) is 81.5 Å². The van der Waals surface area contributed by atoms with Crippen molar-refractivity contribution < 1.29 is 58.7 Å². The molecule has 2 amide bonds. The van der Waals surface area contributed by atoms with Crippen LogP contribution in [0.25, 0.3) is 0 Å². The van der Waals surface area contributed by atoms with Gasteiger partial charge in [-0.05, 0) is 89.1 Å². The van der Waals surface area contributed by atoms with Gasteiger partial charge in [0.05, 0.1) is 24.0 Å². The first-order chi connectivity index (χ1) is 30.1. The topological polar surface area (TPSA) is 250 Å². The van der Waals surface area contributed by atoms with Gasteiger partial charge in [0, 0.05) is 58.8 Å². The largest absolute Gasteiger partial charge is 0.490 e. The fourth-order valence-corrected chi connectivity index (χ4v) is 6.25. The number of fused-ring (bicyclic) bond motifs is 2. The molecule has 0 spiro atoms. The summed E-state index contributed by atoms with van der Waals surface area (Å²) in [5.41, 5.74) is 4.36. The Kier molecular flexibility index (Phi) is 17.6. The summed E-state index contributed by atoms with van der Waals surface area (Å²) in [6.45, 7) is 13.0. The van der Waals surface area contributed by atoms with Crippen molar-refractivity contribution in [1.82, 2.24) is 10.6 Å². The molecule has 16 nitrogen and oxygen atoms in total. The van der Waals surface area contributed by atoms with Gasteiger partial charge in [0.2, 0.25) is 11.8 Å². The molecule has 2 unspecified atom stereocenters. The second-order valence-electron chi connectivity index (χ2n) is 17.0. The van der Waals surface area contributed by atoms with E-state index in [1.807, 2.05) is 41.5 Å². The first kappa shape index (κ1) is 49.9. The lowest BCUT2D eigenvalue weighted by Crippen LogP contribution is -2.42. The number of rotatable bonds is 16. The Morgan fingerprint density at radius 2 is 0.922 bits per heavy atom. The van der Waals surface area contributed by atoms with E-state index in [0.717, 1.165) is 0 Å². The summed E-state index contributed by atoms with van der Waals surface area (Å²) in [5.74, 6) is -2.32. The summed E-state index contributed by atoms with van der Waals surface area (Å²) in [6, 6.07) is 24.4. The number of carbonyl (C=O) groups is 6. The monoisotopic (exact) mass is 880 g/mol. The van der Waals surface area contributed by atoms with Crippen molar-refractivity contribution in [3.05, 3.63) is 130 Å². The molecule has 64 heavy (non-hydrogen) atoms. The zero-order chi connectivity index (χ0) is 47.2. The van der Waals surface area contributed by atoms with Crippen LogP contribution in [0.1, 0.15) is 84.5 Å². The Morgan fingerprint density at radius 3 is 1.27 bits per heavy atom. The van der Waals surface area contributed by atoms with Gasteiger partial charge < -0.3 is 51.2 Å². The molecular weight excluding hydrogens is 825 g/mol.